The molecule has 0 spiro atoms. The zero-order valence-electron chi connectivity index (χ0n) is 13.1. The largest absolute Gasteiger partial charge is 0.490 e. The lowest BCUT2D eigenvalue weighted by atomic mass is 10.2. The first-order chi connectivity index (χ1) is 10.4. The summed E-state index contributed by atoms with van der Waals surface area (Å²) in [7, 11) is 0. The Hall–Kier alpha value is -1.33. The molecule has 1 saturated heterocycles. The van der Waals surface area contributed by atoms with E-state index in [0.29, 0.717) is 12.6 Å². The Kier molecular flexibility index (Phi) is 11.4. The van der Waals surface area contributed by atoms with Gasteiger partial charge in [-0.2, -0.15) is 0 Å². The lowest BCUT2D eigenvalue weighted by Gasteiger charge is -2.11. The fraction of sp³-hybridized carbons (Fsp3) is 0.294. The van der Waals surface area contributed by atoms with Crippen molar-refractivity contribution in [3.05, 3.63) is 54.1 Å². The van der Waals surface area contributed by atoms with E-state index >= 15 is 0 Å². The van der Waals surface area contributed by atoms with Gasteiger partial charge in [-0.25, -0.2) is 0 Å². The molecule has 2 aromatic heterocycles. The van der Waals surface area contributed by atoms with Crippen LogP contribution in [0.4, 0.5) is 0 Å². The van der Waals surface area contributed by atoms with Gasteiger partial charge in [0.15, 0.2) is 0 Å². The molecule has 0 amide bonds. The van der Waals surface area contributed by atoms with Gasteiger partial charge in [0.05, 0.1) is 6.20 Å². The van der Waals surface area contributed by atoms with E-state index in [0.717, 1.165) is 23.4 Å². The van der Waals surface area contributed by atoms with Crippen molar-refractivity contribution in [1.29, 1.82) is 0 Å². The predicted octanol–water partition coefficient (Wildman–Crippen LogP) is 4.04. The van der Waals surface area contributed by atoms with Crippen molar-refractivity contribution < 1.29 is 4.74 Å². The first-order valence-electron chi connectivity index (χ1n) is 7.29. The van der Waals surface area contributed by atoms with Crippen molar-refractivity contribution in [3.63, 3.8) is 0 Å². The van der Waals surface area contributed by atoms with Crippen molar-refractivity contribution in [2.45, 2.75) is 18.9 Å². The topological polar surface area (TPSA) is 47.0 Å². The number of nitrogens with one attached hydrogen (secondary N) is 1. The quantitative estimate of drug-likeness (QED) is 0.837. The Morgan fingerprint density at radius 1 is 1.04 bits per heavy atom. The number of aromatic nitrogens is 2. The molecule has 2 aromatic rings. The monoisotopic (exact) mass is 389 g/mol. The Balaban J connectivity index is 0.00000176. The summed E-state index contributed by atoms with van der Waals surface area (Å²) < 4.78 is 5.81. The van der Waals surface area contributed by atoms with Crippen LogP contribution in [0.25, 0.3) is 12.2 Å². The molecule has 4 nitrogen and oxygen atoms in total. The van der Waals surface area contributed by atoms with Crippen LogP contribution in [-0.4, -0.2) is 29.2 Å². The molecule has 0 unspecified atom stereocenters. The molecule has 24 heavy (non-hydrogen) atoms. The highest BCUT2D eigenvalue weighted by molar-refractivity contribution is 5.86. The molecule has 7 heteroatoms. The van der Waals surface area contributed by atoms with Gasteiger partial charge in [-0.15, -0.1) is 37.2 Å². The molecule has 3 heterocycles. The maximum atomic E-state index is 5.81. The van der Waals surface area contributed by atoms with Crippen molar-refractivity contribution in [2.24, 2.45) is 0 Å². The Morgan fingerprint density at radius 2 is 1.79 bits per heavy atom. The van der Waals surface area contributed by atoms with Gasteiger partial charge < -0.3 is 10.1 Å². The smallest absolute Gasteiger partial charge is 0.138 e. The second-order valence-electron chi connectivity index (χ2n) is 5.17. The van der Waals surface area contributed by atoms with E-state index < -0.39 is 0 Å². The van der Waals surface area contributed by atoms with Gasteiger partial charge in [-0.3, -0.25) is 9.97 Å². The number of hydrogen-bond donors (Lipinski definition) is 1. The number of nitrogens with zero attached hydrogens (tertiary/aromatic N) is 2. The molecule has 1 atom stereocenters. The van der Waals surface area contributed by atoms with E-state index in [1.54, 1.807) is 18.6 Å². The summed E-state index contributed by atoms with van der Waals surface area (Å²) >= 11 is 0. The molecule has 0 bridgehead atoms. The van der Waals surface area contributed by atoms with Gasteiger partial charge in [-0.1, -0.05) is 12.2 Å². The fourth-order valence-electron chi connectivity index (χ4n) is 2.37. The van der Waals surface area contributed by atoms with Crippen LogP contribution in [0.5, 0.6) is 5.75 Å². The molecule has 1 fully saturated rings. The van der Waals surface area contributed by atoms with E-state index in [-0.39, 0.29) is 37.2 Å². The number of ether oxygens (including phenoxy) is 1. The third-order valence-corrected chi connectivity index (χ3v) is 3.52. The lowest BCUT2D eigenvalue weighted by Crippen LogP contribution is -2.28. The third-order valence-electron chi connectivity index (χ3n) is 3.52. The zero-order valence-corrected chi connectivity index (χ0v) is 15.6. The van der Waals surface area contributed by atoms with Crippen molar-refractivity contribution in [2.75, 3.05) is 13.2 Å². The van der Waals surface area contributed by atoms with Gasteiger partial charge in [0.2, 0.25) is 0 Å². The van der Waals surface area contributed by atoms with Crippen molar-refractivity contribution >= 4 is 49.4 Å². The van der Waals surface area contributed by atoms with E-state index in [9.17, 15) is 0 Å². The molecule has 0 aromatic carbocycles. The van der Waals surface area contributed by atoms with E-state index in [1.807, 2.05) is 36.5 Å². The highest BCUT2D eigenvalue weighted by atomic mass is 35.5. The standard InChI is InChI=1S/C17H19N3O.3ClH/c1-2-16(20-7-1)13-21-17-10-15(11-19-12-17)4-3-14-5-8-18-9-6-14;;;/h3-6,8-12,16,20H,1-2,7,13H2;3*1H/b4-3+;;;/t16-;;;/m1.../s1. The molecular formula is C17H22Cl3N3O. The van der Waals surface area contributed by atoms with Crippen LogP contribution in [0, 0.1) is 0 Å². The minimum absolute atomic E-state index is 0. The molecule has 1 aliphatic heterocycles. The number of hydrogen-bond acceptors (Lipinski definition) is 4. The van der Waals surface area contributed by atoms with E-state index in [2.05, 4.69) is 15.3 Å². The minimum Gasteiger partial charge on any atom is -0.490 e. The van der Waals surface area contributed by atoms with Gasteiger partial charge in [0.25, 0.3) is 0 Å². The maximum Gasteiger partial charge on any atom is 0.138 e. The van der Waals surface area contributed by atoms with E-state index in [4.69, 9.17) is 4.74 Å². The number of halogens is 3. The van der Waals surface area contributed by atoms with Gasteiger partial charge in [-0.05, 0) is 48.7 Å². The van der Waals surface area contributed by atoms with Gasteiger partial charge >= 0.3 is 0 Å². The normalized spacial score (nSPS) is 15.9. The third kappa shape index (κ3) is 7.05. The van der Waals surface area contributed by atoms with Crippen LogP contribution in [0.15, 0.2) is 43.0 Å². The molecule has 0 radical (unpaired) electrons. The highest BCUT2D eigenvalue weighted by Gasteiger charge is 2.14. The van der Waals surface area contributed by atoms with Crippen LogP contribution < -0.4 is 10.1 Å². The van der Waals surface area contributed by atoms with Crippen LogP contribution in [0.2, 0.25) is 0 Å². The zero-order chi connectivity index (χ0) is 14.3. The van der Waals surface area contributed by atoms with Crippen molar-refractivity contribution in [1.82, 2.24) is 15.3 Å². The SMILES string of the molecule is C(=C\c1cncc(OC[C@H]2CCCN2)c1)/c1ccncc1.Cl.Cl.Cl. The fourth-order valence-corrected chi connectivity index (χ4v) is 2.37. The van der Waals surface area contributed by atoms with Gasteiger partial charge in [0, 0.05) is 24.6 Å². The Labute approximate surface area is 161 Å². The summed E-state index contributed by atoms with van der Waals surface area (Å²) in [5.41, 5.74) is 2.15. The first-order valence-corrected chi connectivity index (χ1v) is 7.29. The van der Waals surface area contributed by atoms with E-state index in [1.165, 1.54) is 12.8 Å². The van der Waals surface area contributed by atoms with Crippen LogP contribution in [0.3, 0.4) is 0 Å². The second kappa shape index (κ2) is 12.1. The number of pyridine rings is 2. The first kappa shape index (κ1) is 22.7. The van der Waals surface area contributed by atoms with Crippen LogP contribution in [0.1, 0.15) is 24.0 Å². The average molecular weight is 391 g/mol. The molecule has 1 N–H and O–H groups in total. The van der Waals surface area contributed by atoms with Crippen LogP contribution >= 0.6 is 37.2 Å². The molecule has 3 rings (SSSR count). The summed E-state index contributed by atoms with van der Waals surface area (Å²) in [5.74, 6) is 0.820. The lowest BCUT2D eigenvalue weighted by molar-refractivity contribution is 0.276. The Bertz CT molecular complexity index is 605. The summed E-state index contributed by atoms with van der Waals surface area (Å²) in [5, 5.41) is 3.42. The summed E-state index contributed by atoms with van der Waals surface area (Å²) in [6, 6.07) is 6.42. The Morgan fingerprint density at radius 3 is 2.50 bits per heavy atom. The summed E-state index contributed by atoms with van der Waals surface area (Å²) in [6.07, 6.45) is 13.7. The minimum atomic E-state index is 0. The molecular weight excluding hydrogens is 369 g/mol. The average Bonchev–Trinajstić information content (AvgIpc) is 3.06. The number of rotatable bonds is 5. The summed E-state index contributed by atoms with van der Waals surface area (Å²) in [4.78, 5) is 8.24. The highest BCUT2D eigenvalue weighted by Crippen LogP contribution is 2.15. The summed E-state index contributed by atoms with van der Waals surface area (Å²) in [6.45, 7) is 1.81. The van der Waals surface area contributed by atoms with Crippen molar-refractivity contribution in [3.8, 4) is 5.75 Å². The maximum absolute atomic E-state index is 5.81. The predicted molar refractivity (Wildman–Crippen MR) is 106 cm³/mol. The molecule has 1 aliphatic rings. The molecule has 0 saturated carbocycles. The van der Waals surface area contributed by atoms with Gasteiger partial charge in [0.1, 0.15) is 12.4 Å². The van der Waals surface area contributed by atoms with Crippen LogP contribution in [-0.2, 0) is 0 Å². The molecule has 132 valence electrons. The molecule has 0 aliphatic carbocycles. The second-order valence-corrected chi connectivity index (χ2v) is 5.17.